The van der Waals surface area contributed by atoms with Crippen LogP contribution in [-0.2, 0) is 6.54 Å². The topological polar surface area (TPSA) is 43.8 Å². The van der Waals surface area contributed by atoms with Gasteiger partial charge in [-0.25, -0.2) is 0 Å². The summed E-state index contributed by atoms with van der Waals surface area (Å²) in [5, 5.41) is 5.22. The van der Waals surface area contributed by atoms with Gasteiger partial charge in [0.2, 0.25) is 0 Å². The van der Waals surface area contributed by atoms with E-state index in [-0.39, 0.29) is 0 Å². The summed E-state index contributed by atoms with van der Waals surface area (Å²) in [5.74, 6) is 0.337. The van der Waals surface area contributed by atoms with Crippen molar-refractivity contribution in [3.05, 3.63) is 46.1 Å². The summed E-state index contributed by atoms with van der Waals surface area (Å²) in [6.07, 6.45) is 1.68. The highest BCUT2D eigenvalue weighted by Crippen LogP contribution is 2.19. The van der Waals surface area contributed by atoms with Gasteiger partial charge in [-0.3, -0.25) is 4.68 Å². The number of nitrogens with zero attached hydrogens (tertiary/aromatic N) is 2. The number of halogens is 2. The van der Waals surface area contributed by atoms with Crippen molar-refractivity contribution in [1.29, 1.82) is 0 Å². The molecule has 2 N–H and O–H groups in total. The lowest BCUT2D eigenvalue weighted by Crippen LogP contribution is -2.01. The maximum Gasteiger partial charge on any atom is 0.164 e. The Balaban J connectivity index is 2.26. The predicted molar refractivity (Wildman–Crippen MR) is 62.2 cm³/mol. The second-order valence-electron chi connectivity index (χ2n) is 3.15. The molecule has 5 heteroatoms. The third kappa shape index (κ3) is 2.25. The number of anilines is 1. The van der Waals surface area contributed by atoms with E-state index >= 15 is 0 Å². The van der Waals surface area contributed by atoms with E-state index in [0.717, 1.165) is 5.56 Å². The second kappa shape index (κ2) is 4.13. The average molecular weight is 242 g/mol. The lowest BCUT2D eigenvalue weighted by Gasteiger charge is -2.03. The molecule has 2 rings (SSSR count). The molecule has 0 radical (unpaired) electrons. The van der Waals surface area contributed by atoms with Gasteiger partial charge in [0.05, 0.1) is 6.54 Å². The first-order chi connectivity index (χ1) is 7.16. The Morgan fingerprint density at radius 1 is 1.20 bits per heavy atom. The van der Waals surface area contributed by atoms with Crippen molar-refractivity contribution in [1.82, 2.24) is 9.78 Å². The molecule has 0 aliphatic rings. The Labute approximate surface area is 97.4 Å². The fourth-order valence-electron chi connectivity index (χ4n) is 1.29. The molecule has 1 aromatic carbocycles. The maximum atomic E-state index is 6.02. The SMILES string of the molecule is Nc1nn(Cc2ccccc2Cl)cc1Cl. The number of benzene rings is 1. The van der Waals surface area contributed by atoms with Gasteiger partial charge >= 0.3 is 0 Å². The van der Waals surface area contributed by atoms with Crippen molar-refractivity contribution in [3.63, 3.8) is 0 Å². The number of hydrogen-bond acceptors (Lipinski definition) is 2. The zero-order chi connectivity index (χ0) is 10.8. The molecule has 0 aliphatic carbocycles. The summed E-state index contributed by atoms with van der Waals surface area (Å²) >= 11 is 11.8. The lowest BCUT2D eigenvalue weighted by molar-refractivity contribution is 0.690. The monoisotopic (exact) mass is 241 g/mol. The van der Waals surface area contributed by atoms with Crippen LogP contribution in [-0.4, -0.2) is 9.78 Å². The van der Waals surface area contributed by atoms with Crippen molar-refractivity contribution in [2.24, 2.45) is 0 Å². The fraction of sp³-hybridized carbons (Fsp3) is 0.100. The van der Waals surface area contributed by atoms with Crippen molar-refractivity contribution < 1.29 is 0 Å². The molecule has 0 fully saturated rings. The molecule has 0 aliphatic heterocycles. The molecule has 1 aromatic heterocycles. The quantitative estimate of drug-likeness (QED) is 0.879. The van der Waals surface area contributed by atoms with E-state index < -0.39 is 0 Å². The van der Waals surface area contributed by atoms with E-state index in [4.69, 9.17) is 28.9 Å². The summed E-state index contributed by atoms with van der Waals surface area (Å²) in [7, 11) is 0. The standard InChI is InChI=1S/C10H9Cl2N3/c11-8-4-2-1-3-7(8)5-15-6-9(12)10(13)14-15/h1-4,6H,5H2,(H2,13,14). The van der Waals surface area contributed by atoms with E-state index in [9.17, 15) is 0 Å². The van der Waals surface area contributed by atoms with Gasteiger partial charge in [-0.1, -0.05) is 41.4 Å². The van der Waals surface area contributed by atoms with Crippen LogP contribution < -0.4 is 5.73 Å². The van der Waals surface area contributed by atoms with Crippen LogP contribution in [0.4, 0.5) is 5.82 Å². The lowest BCUT2D eigenvalue weighted by atomic mass is 10.2. The highest BCUT2D eigenvalue weighted by Gasteiger charge is 2.04. The zero-order valence-electron chi connectivity index (χ0n) is 7.82. The molecule has 3 nitrogen and oxygen atoms in total. The summed E-state index contributed by atoms with van der Waals surface area (Å²) in [6, 6.07) is 7.59. The second-order valence-corrected chi connectivity index (χ2v) is 3.97. The molecule has 0 unspecified atom stereocenters. The van der Waals surface area contributed by atoms with E-state index in [2.05, 4.69) is 5.10 Å². The molecule has 0 saturated carbocycles. The van der Waals surface area contributed by atoms with Crippen LogP contribution in [0.2, 0.25) is 10.0 Å². The zero-order valence-corrected chi connectivity index (χ0v) is 9.33. The highest BCUT2D eigenvalue weighted by molar-refractivity contribution is 6.32. The Morgan fingerprint density at radius 3 is 2.53 bits per heavy atom. The molecule has 78 valence electrons. The Morgan fingerprint density at radius 2 is 1.93 bits per heavy atom. The molecule has 2 aromatic rings. The van der Waals surface area contributed by atoms with Gasteiger partial charge in [-0.05, 0) is 11.6 Å². The number of rotatable bonds is 2. The molecular weight excluding hydrogens is 233 g/mol. The summed E-state index contributed by atoms with van der Waals surface area (Å²) in [4.78, 5) is 0. The van der Waals surface area contributed by atoms with Crippen molar-refractivity contribution in [2.75, 3.05) is 5.73 Å². The van der Waals surface area contributed by atoms with Crippen molar-refractivity contribution in [3.8, 4) is 0 Å². The number of aromatic nitrogens is 2. The van der Waals surface area contributed by atoms with Gasteiger partial charge in [0, 0.05) is 11.2 Å². The van der Waals surface area contributed by atoms with Crippen LogP contribution in [0.1, 0.15) is 5.56 Å². The minimum absolute atomic E-state index is 0.337. The van der Waals surface area contributed by atoms with Crippen LogP contribution in [0.25, 0.3) is 0 Å². The van der Waals surface area contributed by atoms with E-state index in [1.165, 1.54) is 0 Å². The molecule has 0 atom stereocenters. The predicted octanol–water partition coefficient (Wildman–Crippen LogP) is 2.82. The Bertz CT molecular complexity index is 460. The number of hydrogen-bond donors (Lipinski definition) is 1. The Kier molecular flexibility index (Phi) is 2.84. The molecule has 0 amide bonds. The van der Waals surface area contributed by atoms with Gasteiger partial charge < -0.3 is 5.73 Å². The minimum Gasteiger partial charge on any atom is -0.381 e. The first-order valence-corrected chi connectivity index (χ1v) is 5.14. The van der Waals surface area contributed by atoms with Gasteiger partial charge in [-0.15, -0.1) is 0 Å². The molecule has 15 heavy (non-hydrogen) atoms. The van der Waals surface area contributed by atoms with Crippen molar-refractivity contribution in [2.45, 2.75) is 6.54 Å². The van der Waals surface area contributed by atoms with Gasteiger partial charge in [0.15, 0.2) is 5.82 Å². The number of nitrogens with two attached hydrogens (primary N) is 1. The fourth-order valence-corrected chi connectivity index (χ4v) is 1.64. The van der Waals surface area contributed by atoms with Gasteiger partial charge in [0.1, 0.15) is 5.02 Å². The summed E-state index contributed by atoms with van der Waals surface area (Å²) in [5.41, 5.74) is 6.52. The molecular formula is C10H9Cl2N3. The van der Waals surface area contributed by atoms with Crippen LogP contribution in [0.5, 0.6) is 0 Å². The summed E-state index contributed by atoms with van der Waals surface area (Å²) in [6.45, 7) is 0.566. The third-order valence-electron chi connectivity index (χ3n) is 2.03. The van der Waals surface area contributed by atoms with Crippen LogP contribution in [0.3, 0.4) is 0 Å². The maximum absolute atomic E-state index is 6.02. The normalized spacial score (nSPS) is 10.5. The van der Waals surface area contributed by atoms with E-state index in [1.807, 2.05) is 24.3 Å². The van der Waals surface area contributed by atoms with Crippen molar-refractivity contribution >= 4 is 29.0 Å². The first kappa shape index (κ1) is 10.3. The van der Waals surface area contributed by atoms with Crippen LogP contribution in [0, 0.1) is 0 Å². The molecule has 1 heterocycles. The van der Waals surface area contributed by atoms with Gasteiger partial charge in [0.25, 0.3) is 0 Å². The molecule has 0 bridgehead atoms. The van der Waals surface area contributed by atoms with Gasteiger partial charge in [-0.2, -0.15) is 5.10 Å². The Hall–Kier alpha value is -1.19. The molecule has 0 saturated heterocycles. The van der Waals surface area contributed by atoms with Crippen LogP contribution in [0.15, 0.2) is 30.5 Å². The smallest absolute Gasteiger partial charge is 0.164 e. The van der Waals surface area contributed by atoms with Crippen LogP contribution >= 0.6 is 23.2 Å². The summed E-state index contributed by atoms with van der Waals surface area (Å²) < 4.78 is 1.67. The molecule has 0 spiro atoms. The first-order valence-electron chi connectivity index (χ1n) is 4.38. The average Bonchev–Trinajstić information content (AvgIpc) is 2.50. The minimum atomic E-state index is 0.337. The third-order valence-corrected chi connectivity index (χ3v) is 2.69. The number of nitrogen functional groups attached to an aromatic ring is 1. The largest absolute Gasteiger partial charge is 0.381 e. The van der Waals surface area contributed by atoms with E-state index in [1.54, 1.807) is 10.9 Å². The highest BCUT2D eigenvalue weighted by atomic mass is 35.5. The van der Waals surface area contributed by atoms with E-state index in [0.29, 0.717) is 22.4 Å².